The number of halogens is 1. The predicted molar refractivity (Wildman–Crippen MR) is 91.0 cm³/mol. The summed E-state index contributed by atoms with van der Waals surface area (Å²) in [6, 6.07) is 12.8. The number of carbonyl (C=O) groups excluding carboxylic acids is 1. The summed E-state index contributed by atoms with van der Waals surface area (Å²) < 4.78 is 25.1. The first-order valence-electron chi connectivity index (χ1n) is 7.00. The van der Waals surface area contributed by atoms with Crippen LogP contribution in [0, 0.1) is 0 Å². The summed E-state index contributed by atoms with van der Waals surface area (Å²) in [6.07, 6.45) is 0. The van der Waals surface area contributed by atoms with E-state index in [-0.39, 0.29) is 16.4 Å². The lowest BCUT2D eigenvalue weighted by Gasteiger charge is -2.14. The molecule has 0 aromatic heterocycles. The molecular formula is C16H17ClN2O4S. The molecule has 0 fully saturated rings. The van der Waals surface area contributed by atoms with Gasteiger partial charge in [-0.2, -0.15) is 0 Å². The standard InChI is InChI=1S/C16H17ClN2O4S/c1-19(23-2)24(21,22)15-5-3-4-13(10-15)16(20)18-11-12-6-8-14(17)9-7-12/h3-10H,11H2,1-2H3,(H,18,20). The van der Waals surface area contributed by atoms with E-state index in [1.165, 1.54) is 32.4 Å². The van der Waals surface area contributed by atoms with Crippen molar-refractivity contribution in [2.45, 2.75) is 11.4 Å². The Hall–Kier alpha value is -1.93. The summed E-state index contributed by atoms with van der Waals surface area (Å²) in [5, 5.41) is 3.35. The van der Waals surface area contributed by atoms with Crippen LogP contribution in [0.15, 0.2) is 53.4 Å². The molecule has 0 saturated heterocycles. The normalized spacial score (nSPS) is 11.5. The van der Waals surface area contributed by atoms with Gasteiger partial charge in [-0.1, -0.05) is 34.3 Å². The van der Waals surface area contributed by atoms with Crippen LogP contribution >= 0.6 is 11.6 Å². The summed E-state index contributed by atoms with van der Waals surface area (Å²) >= 11 is 5.81. The van der Waals surface area contributed by atoms with E-state index in [1.807, 2.05) is 0 Å². The average molecular weight is 369 g/mol. The van der Waals surface area contributed by atoms with Crippen LogP contribution in [0.2, 0.25) is 5.02 Å². The zero-order valence-electron chi connectivity index (χ0n) is 13.2. The number of sulfonamides is 1. The maximum absolute atomic E-state index is 12.2. The Balaban J connectivity index is 2.13. The topological polar surface area (TPSA) is 75.7 Å². The molecule has 128 valence electrons. The maximum Gasteiger partial charge on any atom is 0.264 e. The third-order valence-corrected chi connectivity index (χ3v) is 5.28. The van der Waals surface area contributed by atoms with E-state index < -0.39 is 10.0 Å². The summed E-state index contributed by atoms with van der Waals surface area (Å²) in [7, 11) is -1.27. The Labute approximate surface area is 146 Å². The molecule has 0 unspecified atom stereocenters. The van der Waals surface area contributed by atoms with Gasteiger partial charge in [-0.15, -0.1) is 0 Å². The molecule has 1 N–H and O–H groups in total. The molecule has 6 nitrogen and oxygen atoms in total. The second-order valence-electron chi connectivity index (χ2n) is 4.93. The molecule has 0 saturated carbocycles. The van der Waals surface area contributed by atoms with Gasteiger partial charge in [0.1, 0.15) is 0 Å². The van der Waals surface area contributed by atoms with Crippen LogP contribution in [0.5, 0.6) is 0 Å². The fourth-order valence-electron chi connectivity index (χ4n) is 1.93. The minimum atomic E-state index is -3.80. The highest BCUT2D eigenvalue weighted by molar-refractivity contribution is 7.89. The molecule has 0 bridgehead atoms. The van der Waals surface area contributed by atoms with Crippen molar-refractivity contribution in [1.29, 1.82) is 0 Å². The third-order valence-electron chi connectivity index (χ3n) is 3.36. The number of amides is 1. The van der Waals surface area contributed by atoms with Crippen molar-refractivity contribution in [3.8, 4) is 0 Å². The van der Waals surface area contributed by atoms with Crippen LogP contribution in [0.1, 0.15) is 15.9 Å². The number of benzene rings is 2. The Morgan fingerprint density at radius 3 is 2.50 bits per heavy atom. The van der Waals surface area contributed by atoms with Crippen molar-refractivity contribution in [3.63, 3.8) is 0 Å². The van der Waals surface area contributed by atoms with Crippen molar-refractivity contribution in [3.05, 3.63) is 64.7 Å². The van der Waals surface area contributed by atoms with Crippen LogP contribution in [0.4, 0.5) is 0 Å². The highest BCUT2D eigenvalue weighted by Crippen LogP contribution is 2.16. The van der Waals surface area contributed by atoms with E-state index in [9.17, 15) is 13.2 Å². The number of nitrogens with zero attached hydrogens (tertiary/aromatic N) is 1. The highest BCUT2D eigenvalue weighted by atomic mass is 35.5. The number of hydrogen-bond acceptors (Lipinski definition) is 4. The fraction of sp³-hybridized carbons (Fsp3) is 0.188. The van der Waals surface area contributed by atoms with E-state index >= 15 is 0 Å². The molecule has 0 radical (unpaired) electrons. The van der Waals surface area contributed by atoms with E-state index in [4.69, 9.17) is 16.4 Å². The molecule has 0 aliphatic rings. The van der Waals surface area contributed by atoms with Crippen molar-refractivity contribution in [2.24, 2.45) is 0 Å². The van der Waals surface area contributed by atoms with Crippen LogP contribution in [-0.4, -0.2) is 33.0 Å². The fourth-order valence-corrected chi connectivity index (χ4v) is 3.08. The number of rotatable bonds is 6. The molecule has 0 heterocycles. The predicted octanol–water partition coefficient (Wildman–Crippen LogP) is 2.45. The van der Waals surface area contributed by atoms with Gasteiger partial charge in [-0.05, 0) is 35.9 Å². The molecule has 2 aromatic carbocycles. The van der Waals surface area contributed by atoms with Gasteiger partial charge in [-0.25, -0.2) is 8.42 Å². The van der Waals surface area contributed by atoms with Gasteiger partial charge in [0.25, 0.3) is 15.9 Å². The molecule has 0 aliphatic carbocycles. The first kappa shape index (κ1) is 18.4. The quantitative estimate of drug-likeness (QED) is 0.795. The second kappa shape index (κ2) is 7.76. The van der Waals surface area contributed by atoms with Gasteiger partial charge >= 0.3 is 0 Å². The maximum atomic E-state index is 12.2. The molecular weight excluding hydrogens is 352 g/mol. The van der Waals surface area contributed by atoms with Gasteiger partial charge in [0.15, 0.2) is 0 Å². The molecule has 0 atom stereocenters. The minimum Gasteiger partial charge on any atom is -0.348 e. The Kier molecular flexibility index (Phi) is 5.95. The van der Waals surface area contributed by atoms with Crippen LogP contribution in [0.25, 0.3) is 0 Å². The van der Waals surface area contributed by atoms with Crippen molar-refractivity contribution in [1.82, 2.24) is 9.79 Å². The largest absolute Gasteiger partial charge is 0.348 e. The monoisotopic (exact) mass is 368 g/mol. The summed E-state index contributed by atoms with van der Waals surface area (Å²) in [4.78, 5) is 16.9. The highest BCUT2D eigenvalue weighted by Gasteiger charge is 2.21. The van der Waals surface area contributed by atoms with Gasteiger partial charge in [0.05, 0.1) is 12.0 Å². The average Bonchev–Trinajstić information content (AvgIpc) is 2.60. The van der Waals surface area contributed by atoms with Crippen molar-refractivity contribution < 1.29 is 18.0 Å². The van der Waals surface area contributed by atoms with Crippen LogP contribution in [-0.2, 0) is 21.4 Å². The van der Waals surface area contributed by atoms with Gasteiger partial charge < -0.3 is 5.32 Å². The molecule has 24 heavy (non-hydrogen) atoms. The van der Waals surface area contributed by atoms with Gasteiger partial charge in [-0.3, -0.25) is 9.63 Å². The van der Waals surface area contributed by atoms with Crippen LogP contribution in [0.3, 0.4) is 0 Å². The molecule has 0 aliphatic heterocycles. The first-order valence-corrected chi connectivity index (χ1v) is 8.82. The smallest absolute Gasteiger partial charge is 0.264 e. The zero-order chi connectivity index (χ0) is 17.7. The Morgan fingerprint density at radius 1 is 1.21 bits per heavy atom. The van der Waals surface area contributed by atoms with E-state index in [0.29, 0.717) is 11.6 Å². The van der Waals surface area contributed by atoms with E-state index in [2.05, 4.69) is 5.32 Å². The third kappa shape index (κ3) is 4.33. The van der Waals surface area contributed by atoms with E-state index in [1.54, 1.807) is 30.3 Å². The summed E-state index contributed by atoms with van der Waals surface area (Å²) in [5.74, 6) is -0.373. The minimum absolute atomic E-state index is 0.0222. The SMILES string of the molecule is CON(C)S(=O)(=O)c1cccc(C(=O)NCc2ccc(Cl)cc2)c1. The van der Waals surface area contributed by atoms with Gasteiger partial charge in [0, 0.05) is 24.2 Å². The number of hydroxylamine groups is 1. The zero-order valence-corrected chi connectivity index (χ0v) is 14.8. The lowest BCUT2D eigenvalue weighted by atomic mass is 10.2. The second-order valence-corrected chi connectivity index (χ2v) is 7.31. The van der Waals surface area contributed by atoms with Gasteiger partial charge in [0.2, 0.25) is 0 Å². The van der Waals surface area contributed by atoms with E-state index in [0.717, 1.165) is 10.0 Å². The summed E-state index contributed by atoms with van der Waals surface area (Å²) in [5.41, 5.74) is 1.13. The first-order chi connectivity index (χ1) is 11.3. The molecule has 0 spiro atoms. The molecule has 8 heteroatoms. The van der Waals surface area contributed by atoms with Crippen molar-refractivity contribution >= 4 is 27.5 Å². The lowest BCUT2D eigenvalue weighted by Crippen LogP contribution is -2.27. The Morgan fingerprint density at radius 2 is 1.88 bits per heavy atom. The Bertz CT molecular complexity index is 822. The van der Waals surface area contributed by atoms with Crippen LogP contribution < -0.4 is 5.32 Å². The number of nitrogens with one attached hydrogen (secondary N) is 1. The lowest BCUT2D eigenvalue weighted by molar-refractivity contribution is -0.0258. The molecule has 1 amide bonds. The molecule has 2 rings (SSSR count). The number of hydrogen-bond donors (Lipinski definition) is 1. The number of carbonyl (C=O) groups is 1. The summed E-state index contributed by atoms with van der Waals surface area (Å²) in [6.45, 7) is 0.310. The van der Waals surface area contributed by atoms with Crippen molar-refractivity contribution in [2.75, 3.05) is 14.2 Å². The molecule has 2 aromatic rings.